The number of aromatic nitrogens is 3. The van der Waals surface area contributed by atoms with Crippen LogP contribution in [0.4, 0.5) is 18.9 Å². The number of halogens is 3. The fourth-order valence-corrected chi connectivity index (χ4v) is 5.59. The van der Waals surface area contributed by atoms with Crippen molar-refractivity contribution < 1.29 is 18.0 Å². The lowest BCUT2D eigenvalue weighted by Crippen LogP contribution is -2.15. The van der Waals surface area contributed by atoms with Crippen molar-refractivity contribution in [3.63, 3.8) is 0 Å². The van der Waals surface area contributed by atoms with Crippen LogP contribution in [0.25, 0.3) is 11.4 Å². The third kappa shape index (κ3) is 4.79. The zero-order chi connectivity index (χ0) is 22.2. The molecule has 10 heteroatoms. The molecule has 3 aromatic rings. The molecule has 31 heavy (non-hydrogen) atoms. The molecule has 0 saturated carbocycles. The highest BCUT2D eigenvalue weighted by Gasteiger charge is 2.30. The van der Waals surface area contributed by atoms with E-state index in [1.165, 1.54) is 34.3 Å². The zero-order valence-corrected chi connectivity index (χ0v) is 18.6. The molecule has 164 valence electrons. The molecule has 0 spiro atoms. The van der Waals surface area contributed by atoms with Crippen LogP contribution in [0.2, 0.25) is 0 Å². The number of amides is 1. The average Bonchev–Trinajstić information content (AvgIpc) is 3.28. The van der Waals surface area contributed by atoms with Crippen LogP contribution in [0.5, 0.6) is 0 Å². The van der Waals surface area contributed by atoms with E-state index in [1.807, 2.05) is 11.6 Å². The number of carbonyl (C=O) groups is 1. The number of benzene rings is 1. The van der Waals surface area contributed by atoms with Gasteiger partial charge < -0.3 is 9.88 Å². The summed E-state index contributed by atoms with van der Waals surface area (Å²) in [7, 11) is 1.86. The van der Waals surface area contributed by atoms with Crippen LogP contribution in [0.3, 0.4) is 0 Å². The first-order valence-electron chi connectivity index (χ1n) is 9.81. The van der Waals surface area contributed by atoms with Crippen molar-refractivity contribution in [2.75, 3.05) is 11.1 Å². The van der Waals surface area contributed by atoms with Crippen molar-refractivity contribution in [3.05, 3.63) is 45.6 Å². The van der Waals surface area contributed by atoms with Gasteiger partial charge in [0.2, 0.25) is 5.91 Å². The van der Waals surface area contributed by atoms with Gasteiger partial charge in [0.15, 0.2) is 11.0 Å². The summed E-state index contributed by atoms with van der Waals surface area (Å²) in [6.07, 6.45) is -1.17. The van der Waals surface area contributed by atoms with Crippen LogP contribution >= 0.6 is 23.1 Å². The van der Waals surface area contributed by atoms with Gasteiger partial charge >= 0.3 is 6.18 Å². The highest BCUT2D eigenvalue weighted by atomic mass is 32.2. The fraction of sp³-hybridized carbons (Fsp3) is 0.381. The van der Waals surface area contributed by atoms with Crippen LogP contribution in [0.15, 0.2) is 34.8 Å². The second kappa shape index (κ2) is 8.66. The van der Waals surface area contributed by atoms with Crippen LogP contribution < -0.4 is 5.32 Å². The Bertz CT molecular complexity index is 1110. The Morgan fingerprint density at radius 3 is 2.94 bits per heavy atom. The topological polar surface area (TPSA) is 59.8 Å². The molecule has 0 fully saturated rings. The third-order valence-corrected chi connectivity index (χ3v) is 7.35. The number of hydrogen-bond donors (Lipinski definition) is 1. The molecule has 1 atom stereocenters. The highest BCUT2D eigenvalue weighted by molar-refractivity contribution is 7.99. The lowest BCUT2D eigenvalue weighted by molar-refractivity contribution is -0.137. The molecule has 2 aromatic heterocycles. The first-order chi connectivity index (χ1) is 14.7. The normalized spacial score (nSPS) is 16.2. The maximum atomic E-state index is 12.8. The summed E-state index contributed by atoms with van der Waals surface area (Å²) in [5.41, 5.74) is 1.75. The number of hydrogen-bond acceptors (Lipinski definition) is 5. The SMILES string of the molecule is CC1CCc2c(-c3nnc(SCC(=O)Nc4cccc(C(F)(F)F)c4)n3C)csc2C1. The summed E-state index contributed by atoms with van der Waals surface area (Å²) in [5, 5.41) is 13.8. The molecule has 1 aromatic carbocycles. The Morgan fingerprint density at radius 2 is 2.16 bits per heavy atom. The standard InChI is InChI=1S/C21H21F3N4OS2/c1-12-6-7-15-16(10-30-17(15)8-12)19-26-27-20(28(19)2)31-11-18(29)25-14-5-3-4-13(9-14)21(22,23)24/h3-5,9-10,12H,6-8,11H2,1-2H3,(H,25,29). The van der Waals surface area contributed by atoms with Gasteiger partial charge in [0.25, 0.3) is 0 Å². The van der Waals surface area contributed by atoms with Gasteiger partial charge in [-0.25, -0.2) is 0 Å². The number of nitrogens with zero attached hydrogens (tertiary/aromatic N) is 3. The second-order valence-electron chi connectivity index (χ2n) is 7.68. The third-order valence-electron chi connectivity index (χ3n) is 5.28. The minimum atomic E-state index is -4.45. The number of anilines is 1. The number of fused-ring (bicyclic) bond motifs is 1. The fourth-order valence-electron chi connectivity index (χ4n) is 3.64. The lowest BCUT2D eigenvalue weighted by Gasteiger charge is -2.18. The average molecular weight is 467 g/mol. The molecule has 0 radical (unpaired) electrons. The van der Waals surface area contributed by atoms with E-state index in [4.69, 9.17) is 0 Å². The number of carbonyl (C=O) groups excluding carboxylic acids is 1. The molecule has 1 aliphatic carbocycles. The van der Waals surface area contributed by atoms with Gasteiger partial charge in [-0.1, -0.05) is 24.8 Å². The molecule has 1 unspecified atom stereocenters. The predicted molar refractivity (Wildman–Crippen MR) is 116 cm³/mol. The smallest absolute Gasteiger partial charge is 0.325 e. The van der Waals surface area contributed by atoms with Crippen LogP contribution in [0.1, 0.15) is 29.3 Å². The highest BCUT2D eigenvalue weighted by Crippen LogP contribution is 2.38. The molecule has 0 saturated heterocycles. The van der Waals surface area contributed by atoms with Gasteiger partial charge in [-0.15, -0.1) is 21.5 Å². The van der Waals surface area contributed by atoms with Crippen LogP contribution in [-0.4, -0.2) is 26.4 Å². The number of rotatable bonds is 5. The Balaban J connectivity index is 1.42. The van der Waals surface area contributed by atoms with E-state index in [9.17, 15) is 18.0 Å². The first-order valence-corrected chi connectivity index (χ1v) is 11.7. The molecule has 4 rings (SSSR count). The van der Waals surface area contributed by atoms with E-state index < -0.39 is 17.6 Å². The van der Waals surface area contributed by atoms with Crippen molar-refractivity contribution >= 4 is 34.7 Å². The Hall–Kier alpha value is -2.33. The molecule has 0 bridgehead atoms. The molecular weight excluding hydrogens is 445 g/mol. The quantitative estimate of drug-likeness (QED) is 0.510. The van der Waals surface area contributed by atoms with E-state index in [1.54, 1.807) is 11.3 Å². The summed E-state index contributed by atoms with van der Waals surface area (Å²) >= 11 is 2.96. The first kappa shape index (κ1) is 21.9. The van der Waals surface area contributed by atoms with Crippen LogP contribution in [-0.2, 0) is 30.9 Å². The van der Waals surface area contributed by atoms with E-state index in [0.29, 0.717) is 11.1 Å². The van der Waals surface area contributed by atoms with Crippen LogP contribution in [0, 0.1) is 5.92 Å². The lowest BCUT2D eigenvalue weighted by atomic mass is 9.88. The Kier molecular flexibility index (Phi) is 6.11. The largest absolute Gasteiger partial charge is 0.416 e. The van der Waals surface area contributed by atoms with Crippen molar-refractivity contribution in [3.8, 4) is 11.4 Å². The predicted octanol–water partition coefficient (Wildman–Crippen LogP) is 5.42. The van der Waals surface area contributed by atoms with Crippen molar-refractivity contribution in [1.29, 1.82) is 0 Å². The second-order valence-corrected chi connectivity index (χ2v) is 9.59. The van der Waals surface area contributed by atoms with Gasteiger partial charge in [0.1, 0.15) is 0 Å². The van der Waals surface area contributed by atoms with Gasteiger partial charge in [-0.3, -0.25) is 4.79 Å². The summed E-state index contributed by atoms with van der Waals surface area (Å²) in [6, 6.07) is 4.58. The molecule has 5 nitrogen and oxygen atoms in total. The van der Waals surface area contributed by atoms with E-state index in [-0.39, 0.29) is 11.4 Å². The monoisotopic (exact) mass is 466 g/mol. The Morgan fingerprint density at radius 1 is 1.35 bits per heavy atom. The number of thioether (sulfide) groups is 1. The molecular formula is C21H21F3N4OS2. The van der Waals surface area contributed by atoms with Gasteiger partial charge in [-0.05, 0) is 48.9 Å². The van der Waals surface area contributed by atoms with Crippen molar-refractivity contribution in [1.82, 2.24) is 14.8 Å². The Labute approximate surface area is 186 Å². The summed E-state index contributed by atoms with van der Waals surface area (Å²) < 4.78 is 40.3. The minimum absolute atomic E-state index is 0.0154. The van der Waals surface area contributed by atoms with Gasteiger partial charge in [0, 0.05) is 28.6 Å². The number of alkyl halides is 3. The number of thiophene rings is 1. The molecule has 0 aliphatic heterocycles. The maximum absolute atomic E-state index is 12.8. The summed E-state index contributed by atoms with van der Waals surface area (Å²) in [5.74, 6) is 1.07. The van der Waals surface area contributed by atoms with E-state index in [0.717, 1.165) is 42.8 Å². The van der Waals surface area contributed by atoms with Crippen molar-refractivity contribution in [2.24, 2.45) is 13.0 Å². The molecule has 2 heterocycles. The molecule has 1 amide bonds. The maximum Gasteiger partial charge on any atom is 0.416 e. The zero-order valence-electron chi connectivity index (χ0n) is 17.0. The van der Waals surface area contributed by atoms with Gasteiger partial charge in [0.05, 0.1) is 11.3 Å². The summed E-state index contributed by atoms with van der Waals surface area (Å²) in [4.78, 5) is 13.7. The molecule has 1 aliphatic rings. The van der Waals surface area contributed by atoms with Gasteiger partial charge in [-0.2, -0.15) is 13.2 Å². The number of nitrogens with one attached hydrogen (secondary N) is 1. The van der Waals surface area contributed by atoms with E-state index >= 15 is 0 Å². The van der Waals surface area contributed by atoms with Crippen molar-refractivity contribution in [2.45, 2.75) is 37.5 Å². The molecule has 1 N–H and O–H groups in total. The minimum Gasteiger partial charge on any atom is -0.325 e. The summed E-state index contributed by atoms with van der Waals surface area (Å²) in [6.45, 7) is 2.27. The van der Waals surface area contributed by atoms with E-state index in [2.05, 4.69) is 27.8 Å².